The molecule has 2 aromatic rings. The molecule has 0 unspecified atom stereocenters. The number of hydrogen-bond donors (Lipinski definition) is 1. The summed E-state index contributed by atoms with van der Waals surface area (Å²) >= 11 is 6.03. The summed E-state index contributed by atoms with van der Waals surface area (Å²) in [5.74, 6) is -0.0315. The molecule has 3 heteroatoms. The molecule has 0 spiro atoms. The Balaban J connectivity index is 2.08. The van der Waals surface area contributed by atoms with Crippen molar-refractivity contribution < 1.29 is 4.79 Å². The van der Waals surface area contributed by atoms with Crippen LogP contribution in [0, 0.1) is 13.8 Å². The van der Waals surface area contributed by atoms with Crippen molar-refractivity contribution in [3.05, 3.63) is 64.2 Å². The predicted octanol–water partition coefficient (Wildman–Crippen LogP) is 4.14. The molecule has 0 saturated heterocycles. The largest absolute Gasteiger partial charge is 0.326 e. The van der Waals surface area contributed by atoms with Gasteiger partial charge in [0.05, 0.1) is 6.42 Å². The lowest BCUT2D eigenvalue weighted by molar-refractivity contribution is -0.115. The summed E-state index contributed by atoms with van der Waals surface area (Å²) in [5, 5.41) is 3.56. The summed E-state index contributed by atoms with van der Waals surface area (Å²) in [6.07, 6.45) is 0.369. The molecule has 0 atom stereocenters. The molecule has 0 bridgehead atoms. The molecule has 0 aliphatic carbocycles. The highest BCUT2D eigenvalue weighted by molar-refractivity contribution is 6.31. The van der Waals surface area contributed by atoms with E-state index < -0.39 is 0 Å². The molecule has 2 nitrogen and oxygen atoms in total. The van der Waals surface area contributed by atoms with E-state index in [-0.39, 0.29) is 5.91 Å². The van der Waals surface area contributed by atoms with Gasteiger partial charge in [-0.3, -0.25) is 4.79 Å². The zero-order chi connectivity index (χ0) is 13.8. The van der Waals surface area contributed by atoms with E-state index in [4.69, 9.17) is 11.6 Å². The van der Waals surface area contributed by atoms with E-state index in [9.17, 15) is 4.79 Å². The van der Waals surface area contributed by atoms with Gasteiger partial charge in [-0.1, -0.05) is 47.5 Å². The van der Waals surface area contributed by atoms with Crippen LogP contribution < -0.4 is 5.32 Å². The first-order chi connectivity index (χ1) is 9.06. The van der Waals surface area contributed by atoms with E-state index in [1.807, 2.05) is 56.3 Å². The summed E-state index contributed by atoms with van der Waals surface area (Å²) in [7, 11) is 0. The lowest BCUT2D eigenvalue weighted by atomic mass is 10.1. The van der Waals surface area contributed by atoms with Gasteiger partial charge in [-0.25, -0.2) is 0 Å². The van der Waals surface area contributed by atoms with Crippen molar-refractivity contribution in [3.63, 3.8) is 0 Å². The first kappa shape index (κ1) is 13.6. The van der Waals surface area contributed by atoms with Gasteiger partial charge >= 0.3 is 0 Å². The second kappa shape index (κ2) is 5.89. The van der Waals surface area contributed by atoms with Crippen molar-refractivity contribution in [3.8, 4) is 0 Å². The monoisotopic (exact) mass is 273 g/mol. The Morgan fingerprint density at radius 1 is 1.16 bits per heavy atom. The van der Waals surface area contributed by atoms with Crippen LogP contribution in [0.5, 0.6) is 0 Å². The Bertz CT molecular complexity index is 607. The van der Waals surface area contributed by atoms with Crippen LogP contribution in [0.25, 0.3) is 0 Å². The van der Waals surface area contributed by atoms with Crippen LogP contribution in [-0.4, -0.2) is 5.91 Å². The standard InChI is InChI=1S/C16H16ClNO/c1-11-5-3-6-13(9-11)10-16(19)18-15-8-4-7-14(17)12(15)2/h3-9H,10H2,1-2H3,(H,18,19). The molecule has 0 aliphatic rings. The average molecular weight is 274 g/mol. The Morgan fingerprint density at radius 2 is 1.89 bits per heavy atom. The summed E-state index contributed by atoms with van der Waals surface area (Å²) in [6, 6.07) is 13.5. The minimum absolute atomic E-state index is 0.0315. The molecule has 0 aromatic heterocycles. The van der Waals surface area contributed by atoms with Crippen LogP contribution in [0.1, 0.15) is 16.7 Å². The highest BCUT2D eigenvalue weighted by Crippen LogP contribution is 2.23. The molecule has 0 saturated carbocycles. The highest BCUT2D eigenvalue weighted by Gasteiger charge is 2.07. The second-order valence-corrected chi connectivity index (χ2v) is 5.03. The molecule has 1 N–H and O–H groups in total. The second-order valence-electron chi connectivity index (χ2n) is 4.63. The molecular formula is C16H16ClNO. The van der Waals surface area contributed by atoms with Crippen molar-refractivity contribution in [1.82, 2.24) is 0 Å². The predicted molar refractivity (Wildman–Crippen MR) is 79.7 cm³/mol. The first-order valence-electron chi connectivity index (χ1n) is 6.17. The molecule has 2 rings (SSSR count). The summed E-state index contributed by atoms with van der Waals surface area (Å²) in [4.78, 5) is 12.0. The Kier molecular flexibility index (Phi) is 4.23. The van der Waals surface area contributed by atoms with Crippen molar-refractivity contribution in [2.24, 2.45) is 0 Å². The average Bonchev–Trinajstić information content (AvgIpc) is 2.35. The van der Waals surface area contributed by atoms with Crippen molar-refractivity contribution in [2.75, 3.05) is 5.32 Å². The quantitative estimate of drug-likeness (QED) is 0.895. The van der Waals surface area contributed by atoms with Crippen molar-refractivity contribution in [1.29, 1.82) is 0 Å². The van der Waals surface area contributed by atoms with E-state index in [0.29, 0.717) is 11.4 Å². The minimum Gasteiger partial charge on any atom is -0.326 e. The fourth-order valence-corrected chi connectivity index (χ4v) is 2.12. The Morgan fingerprint density at radius 3 is 2.63 bits per heavy atom. The van der Waals surface area contributed by atoms with Gasteiger partial charge in [-0.05, 0) is 37.1 Å². The molecule has 98 valence electrons. The number of rotatable bonds is 3. The molecule has 0 fully saturated rings. The smallest absolute Gasteiger partial charge is 0.228 e. The van der Waals surface area contributed by atoms with E-state index in [1.165, 1.54) is 0 Å². The molecule has 2 aromatic carbocycles. The SMILES string of the molecule is Cc1cccc(CC(=O)Nc2cccc(Cl)c2C)c1. The number of aryl methyl sites for hydroxylation is 1. The van der Waals surface area contributed by atoms with Gasteiger partial charge < -0.3 is 5.32 Å². The van der Waals surface area contributed by atoms with E-state index in [0.717, 1.165) is 22.4 Å². The van der Waals surface area contributed by atoms with Gasteiger partial charge in [0.25, 0.3) is 0 Å². The number of anilines is 1. The normalized spacial score (nSPS) is 10.3. The van der Waals surface area contributed by atoms with E-state index >= 15 is 0 Å². The number of amides is 1. The van der Waals surface area contributed by atoms with Gasteiger partial charge in [-0.2, -0.15) is 0 Å². The minimum atomic E-state index is -0.0315. The summed E-state index contributed by atoms with van der Waals surface area (Å²) in [6.45, 7) is 3.91. The number of benzene rings is 2. The molecule has 0 aliphatic heterocycles. The summed E-state index contributed by atoms with van der Waals surface area (Å²) < 4.78 is 0. The maximum Gasteiger partial charge on any atom is 0.228 e. The number of carbonyl (C=O) groups is 1. The lowest BCUT2D eigenvalue weighted by Crippen LogP contribution is -2.15. The van der Waals surface area contributed by atoms with Gasteiger partial charge in [0.15, 0.2) is 0 Å². The van der Waals surface area contributed by atoms with Gasteiger partial charge in [0, 0.05) is 10.7 Å². The number of nitrogens with one attached hydrogen (secondary N) is 1. The summed E-state index contributed by atoms with van der Waals surface area (Å²) in [5.41, 5.74) is 3.83. The fourth-order valence-electron chi connectivity index (χ4n) is 1.94. The number of hydrogen-bond acceptors (Lipinski definition) is 1. The van der Waals surface area contributed by atoms with Gasteiger partial charge in [0.1, 0.15) is 0 Å². The Hall–Kier alpha value is -1.80. The van der Waals surface area contributed by atoms with Crippen molar-refractivity contribution in [2.45, 2.75) is 20.3 Å². The lowest BCUT2D eigenvalue weighted by Gasteiger charge is -2.09. The molecule has 0 radical (unpaired) electrons. The molecule has 19 heavy (non-hydrogen) atoms. The third kappa shape index (κ3) is 3.58. The van der Waals surface area contributed by atoms with Crippen LogP contribution in [-0.2, 0) is 11.2 Å². The third-order valence-corrected chi connectivity index (χ3v) is 3.40. The molecule has 0 heterocycles. The molecular weight excluding hydrogens is 258 g/mol. The number of carbonyl (C=O) groups excluding carboxylic acids is 1. The molecule has 1 amide bonds. The maximum absolute atomic E-state index is 12.0. The van der Waals surface area contributed by atoms with Crippen LogP contribution in [0.2, 0.25) is 5.02 Å². The first-order valence-corrected chi connectivity index (χ1v) is 6.54. The zero-order valence-electron chi connectivity index (χ0n) is 11.0. The third-order valence-electron chi connectivity index (χ3n) is 2.99. The Labute approximate surface area is 118 Å². The fraction of sp³-hybridized carbons (Fsp3) is 0.188. The van der Waals surface area contributed by atoms with Crippen molar-refractivity contribution >= 4 is 23.2 Å². The van der Waals surface area contributed by atoms with Gasteiger partial charge in [0.2, 0.25) is 5.91 Å². The zero-order valence-corrected chi connectivity index (χ0v) is 11.8. The topological polar surface area (TPSA) is 29.1 Å². The highest BCUT2D eigenvalue weighted by atomic mass is 35.5. The van der Waals surface area contributed by atoms with Crippen LogP contribution >= 0.6 is 11.6 Å². The van der Waals surface area contributed by atoms with Crippen LogP contribution in [0.4, 0.5) is 5.69 Å². The number of halogens is 1. The maximum atomic E-state index is 12.0. The van der Waals surface area contributed by atoms with Gasteiger partial charge in [-0.15, -0.1) is 0 Å². The van der Waals surface area contributed by atoms with Crippen LogP contribution in [0.15, 0.2) is 42.5 Å². The van der Waals surface area contributed by atoms with E-state index in [1.54, 1.807) is 0 Å². The van der Waals surface area contributed by atoms with Crippen LogP contribution in [0.3, 0.4) is 0 Å². The van der Waals surface area contributed by atoms with E-state index in [2.05, 4.69) is 5.32 Å².